The van der Waals surface area contributed by atoms with E-state index in [1.54, 1.807) is 18.2 Å². The SMILES string of the molecule is CN1CCN(c2ccc(-c3ccc(Cl)c4c(NS(C)(=O)=O)nn(C)c34)c(C(Cc3cc(F)cc(F)c3)=NC(=O)Cn3nc(C(F)(F)F)c4c3C(F)(F)[C@@H]3C#C[C@H]43)n2)CC1. The molecular formula is C38H31ClF7N9O3S. The predicted molar refractivity (Wildman–Crippen MR) is 204 cm³/mol. The summed E-state index contributed by atoms with van der Waals surface area (Å²) in [7, 11) is -0.369. The standard InChI is InChI=1S/C38H31ClF7N9O3S/c1-52-10-12-54(13-11-52)28-9-6-22(23-5-8-26(39)31-33(23)53(2)50-36(31)51-59(3,57)58)32(48-28)27(16-19-14-20(40)17-21(41)15-19)47-29(56)18-55-35-30(34(49-55)38(44,45)46)24-4-7-25(24)37(35,42)43/h5-6,8-9,14-15,17,24-25H,10-13,16,18H2,1-3H3,(H,50,51)/t24-,25+/m0/s1. The van der Waals surface area contributed by atoms with Crippen LogP contribution in [0.15, 0.2) is 47.5 Å². The lowest BCUT2D eigenvalue weighted by Crippen LogP contribution is -2.44. The number of benzene rings is 2. The fraction of sp³-hybridized carbons (Fsp3) is 0.342. The molecule has 59 heavy (non-hydrogen) atoms. The maximum atomic E-state index is 15.6. The highest BCUT2D eigenvalue weighted by Crippen LogP contribution is 2.58. The number of alkyl halides is 5. The van der Waals surface area contributed by atoms with Crippen molar-refractivity contribution in [2.45, 2.75) is 31.0 Å². The Morgan fingerprint density at radius 3 is 2.31 bits per heavy atom. The minimum absolute atomic E-state index is 0.0205. The predicted octanol–water partition coefficient (Wildman–Crippen LogP) is 5.99. The molecule has 0 bridgehead atoms. The van der Waals surface area contributed by atoms with Crippen LogP contribution in [0.2, 0.25) is 5.02 Å². The molecule has 2 aromatic carbocycles. The summed E-state index contributed by atoms with van der Waals surface area (Å²) in [6, 6.07) is 9.01. The van der Waals surface area contributed by atoms with Gasteiger partial charge in [0.25, 0.3) is 5.91 Å². The first-order chi connectivity index (χ1) is 27.7. The van der Waals surface area contributed by atoms with Gasteiger partial charge in [-0.1, -0.05) is 29.5 Å². The van der Waals surface area contributed by atoms with Crippen molar-refractivity contribution in [3.05, 3.63) is 87.3 Å². The second-order valence-electron chi connectivity index (χ2n) is 14.6. The fourth-order valence-electron chi connectivity index (χ4n) is 7.72. The molecule has 0 saturated carbocycles. The number of pyridine rings is 1. The van der Waals surface area contributed by atoms with Gasteiger partial charge in [0, 0.05) is 62.4 Å². The van der Waals surface area contributed by atoms with Gasteiger partial charge in [-0.25, -0.2) is 27.2 Å². The Balaban J connectivity index is 1.32. The highest BCUT2D eigenvalue weighted by Gasteiger charge is 2.62. The summed E-state index contributed by atoms with van der Waals surface area (Å²) in [5.41, 5.74) is -2.88. The number of aromatic nitrogens is 5. The molecule has 1 amide bonds. The molecule has 308 valence electrons. The van der Waals surface area contributed by atoms with Gasteiger partial charge in [-0.3, -0.25) is 18.9 Å². The lowest BCUT2D eigenvalue weighted by molar-refractivity contribution is -0.142. The zero-order valence-electron chi connectivity index (χ0n) is 31.2. The summed E-state index contributed by atoms with van der Waals surface area (Å²) in [4.78, 5) is 27.2. The number of hydrogen-bond donors (Lipinski definition) is 1. The Hall–Kier alpha value is -5.52. The number of halogens is 8. The molecule has 1 N–H and O–H groups in total. The Labute approximate surface area is 336 Å². The average molecular weight is 862 g/mol. The molecule has 1 fully saturated rings. The van der Waals surface area contributed by atoms with Crippen LogP contribution >= 0.6 is 11.6 Å². The van der Waals surface area contributed by atoms with E-state index in [2.05, 4.69) is 36.7 Å². The van der Waals surface area contributed by atoms with Crippen LogP contribution in [0.25, 0.3) is 22.0 Å². The number of nitrogens with zero attached hydrogens (tertiary/aromatic N) is 8. The third kappa shape index (κ3) is 7.39. The normalized spacial score (nSPS) is 19.0. The van der Waals surface area contributed by atoms with E-state index in [1.165, 1.54) is 17.8 Å². The Morgan fingerprint density at radius 1 is 1.00 bits per heavy atom. The summed E-state index contributed by atoms with van der Waals surface area (Å²) in [6.45, 7) is 1.21. The van der Waals surface area contributed by atoms with E-state index < -0.39 is 81.4 Å². The van der Waals surface area contributed by atoms with Crippen molar-refractivity contribution in [2.24, 2.45) is 18.0 Å². The average Bonchev–Trinajstić information content (AvgIpc) is 3.69. The van der Waals surface area contributed by atoms with Crippen LogP contribution < -0.4 is 9.62 Å². The van der Waals surface area contributed by atoms with Gasteiger partial charge in [0.05, 0.1) is 39.5 Å². The maximum Gasteiger partial charge on any atom is 0.435 e. The smallest absolute Gasteiger partial charge is 0.354 e. The van der Waals surface area contributed by atoms with Crippen molar-refractivity contribution in [3.63, 3.8) is 0 Å². The molecule has 2 atom stereocenters. The molecule has 2 aliphatic carbocycles. The van der Waals surface area contributed by atoms with Crippen LogP contribution in [-0.2, 0) is 46.9 Å². The van der Waals surface area contributed by atoms with Crippen LogP contribution in [0.1, 0.15) is 34.1 Å². The minimum Gasteiger partial charge on any atom is -0.354 e. The number of anilines is 2. The number of nitrogens with one attached hydrogen (secondary N) is 1. The first-order valence-corrected chi connectivity index (χ1v) is 20.2. The molecule has 5 aromatic rings. The van der Waals surface area contributed by atoms with Gasteiger partial charge < -0.3 is 9.80 Å². The molecule has 0 unspecified atom stereocenters. The summed E-state index contributed by atoms with van der Waals surface area (Å²) in [5, 5.41) is 8.07. The van der Waals surface area contributed by atoms with E-state index in [0.29, 0.717) is 49.1 Å². The summed E-state index contributed by atoms with van der Waals surface area (Å²) in [5.74, 6) is -5.28. The van der Waals surface area contributed by atoms with Gasteiger partial charge in [-0.05, 0) is 42.9 Å². The van der Waals surface area contributed by atoms with Crippen LogP contribution in [0.5, 0.6) is 0 Å². The molecule has 4 heterocycles. The van der Waals surface area contributed by atoms with Gasteiger partial charge in [0.2, 0.25) is 10.0 Å². The molecule has 3 aromatic heterocycles. The monoisotopic (exact) mass is 861 g/mol. The third-order valence-corrected chi connectivity index (χ3v) is 11.2. The molecule has 8 rings (SSSR count). The first kappa shape index (κ1) is 40.3. The number of piperazine rings is 1. The van der Waals surface area contributed by atoms with Crippen molar-refractivity contribution in [1.82, 2.24) is 29.4 Å². The Bertz CT molecular complexity index is 2770. The molecule has 1 saturated heterocycles. The number of carbonyl (C=O) groups excluding carboxylic acids is 1. The number of carbonyl (C=O) groups is 1. The lowest BCUT2D eigenvalue weighted by atomic mass is 9.84. The Kier molecular flexibility index (Phi) is 9.79. The first-order valence-electron chi connectivity index (χ1n) is 17.9. The largest absolute Gasteiger partial charge is 0.435 e. The van der Waals surface area contributed by atoms with Gasteiger partial charge in [0.15, 0.2) is 11.5 Å². The molecule has 0 spiro atoms. The molecule has 21 heteroatoms. The van der Waals surface area contributed by atoms with Gasteiger partial charge >= 0.3 is 12.1 Å². The van der Waals surface area contributed by atoms with Crippen LogP contribution in [-0.4, -0.2) is 89.0 Å². The van der Waals surface area contributed by atoms with E-state index in [0.717, 1.165) is 18.4 Å². The zero-order valence-corrected chi connectivity index (χ0v) is 32.7. The number of aryl methyl sites for hydroxylation is 1. The number of aliphatic imine (C=N–C) groups is 1. The summed E-state index contributed by atoms with van der Waals surface area (Å²) >= 11 is 6.61. The Morgan fingerprint density at radius 2 is 1.68 bits per heavy atom. The van der Waals surface area contributed by atoms with Crippen molar-refractivity contribution in [2.75, 3.05) is 49.1 Å². The van der Waals surface area contributed by atoms with Gasteiger partial charge in [-0.15, -0.1) is 0 Å². The van der Waals surface area contributed by atoms with Crippen LogP contribution in [0.3, 0.4) is 0 Å². The van der Waals surface area contributed by atoms with Crippen molar-refractivity contribution in [1.29, 1.82) is 0 Å². The van der Waals surface area contributed by atoms with Crippen molar-refractivity contribution >= 4 is 55.8 Å². The highest BCUT2D eigenvalue weighted by molar-refractivity contribution is 7.92. The number of fused-ring (bicyclic) bond motifs is 4. The number of rotatable bonds is 9. The fourth-order valence-corrected chi connectivity index (χ4v) is 8.45. The van der Waals surface area contributed by atoms with Crippen LogP contribution in [0, 0.1) is 29.4 Å². The molecule has 0 radical (unpaired) electrons. The second-order valence-corrected chi connectivity index (χ2v) is 16.7. The van der Waals surface area contributed by atoms with Gasteiger partial charge in [0.1, 0.15) is 35.6 Å². The summed E-state index contributed by atoms with van der Waals surface area (Å²) < 4.78 is 131. The molecule has 12 nitrogen and oxygen atoms in total. The number of sulfonamides is 1. The van der Waals surface area contributed by atoms with E-state index in [1.807, 2.05) is 11.9 Å². The van der Waals surface area contributed by atoms with Crippen LogP contribution in [0.4, 0.5) is 42.4 Å². The lowest BCUT2D eigenvalue weighted by Gasteiger charge is -2.33. The quantitative estimate of drug-likeness (QED) is 0.109. The van der Waals surface area contributed by atoms with E-state index in [9.17, 15) is 35.2 Å². The molecule has 3 aliphatic rings. The van der Waals surface area contributed by atoms with Gasteiger partial charge in [-0.2, -0.15) is 32.1 Å². The third-order valence-electron chi connectivity index (χ3n) is 10.3. The topological polar surface area (TPSA) is 131 Å². The van der Waals surface area contributed by atoms with E-state index in [-0.39, 0.29) is 43.4 Å². The number of likely N-dealkylation sites (N-methyl/N-ethyl adjacent to an activating group) is 1. The molecule has 1 aliphatic heterocycles. The van der Waals surface area contributed by atoms with Crippen molar-refractivity contribution < 1.29 is 43.9 Å². The minimum atomic E-state index is -5.15. The zero-order chi connectivity index (χ0) is 42.3. The highest BCUT2D eigenvalue weighted by atomic mass is 35.5. The second kappa shape index (κ2) is 14.3. The summed E-state index contributed by atoms with van der Waals surface area (Å²) in [6.07, 6.45) is -4.69. The van der Waals surface area contributed by atoms with E-state index >= 15 is 8.78 Å². The molecular weight excluding hydrogens is 831 g/mol. The van der Waals surface area contributed by atoms with Crippen molar-refractivity contribution in [3.8, 4) is 23.0 Å². The number of amides is 1. The maximum absolute atomic E-state index is 15.6. The van der Waals surface area contributed by atoms with E-state index in [4.69, 9.17) is 16.6 Å². The number of hydrogen-bond acceptors (Lipinski definition) is 8.